The average Bonchev–Trinajstić information content (AvgIpc) is 2.69. The topological polar surface area (TPSA) is 38.3 Å². The van der Waals surface area contributed by atoms with E-state index < -0.39 is 0 Å². The molecule has 0 fully saturated rings. The Morgan fingerprint density at radius 2 is 1.41 bits per heavy atom. The Balaban J connectivity index is 1.49. The number of hydrogen-bond acceptors (Lipinski definition) is 2. The number of ether oxygens (including phenoxy) is 1. The molecule has 1 N–H and O–H groups in total. The number of hydrogen-bond donors (Lipinski definition) is 1. The van der Waals surface area contributed by atoms with Crippen LogP contribution in [0.5, 0.6) is 5.75 Å². The summed E-state index contributed by atoms with van der Waals surface area (Å²) in [5.41, 5.74) is 4.43. The van der Waals surface area contributed by atoms with Gasteiger partial charge in [0.25, 0.3) is 5.91 Å². The minimum atomic E-state index is -0.185. The third-order valence-corrected chi connectivity index (χ3v) is 4.90. The number of nitrogens with one attached hydrogen (secondary N) is 1. The van der Waals surface area contributed by atoms with Gasteiger partial charge in [-0.25, -0.2) is 0 Å². The van der Waals surface area contributed by atoms with E-state index in [4.69, 9.17) is 16.3 Å². The highest BCUT2D eigenvalue weighted by molar-refractivity contribution is 6.30. The molecule has 0 aromatic heterocycles. The number of amides is 1. The van der Waals surface area contributed by atoms with Crippen molar-refractivity contribution >= 4 is 23.2 Å². The molecular formula is C25H26ClNO2. The van der Waals surface area contributed by atoms with E-state index in [1.807, 2.05) is 72.8 Å². The molecule has 4 heteroatoms. The molecule has 0 radical (unpaired) electrons. The van der Waals surface area contributed by atoms with Crippen LogP contribution in [0.25, 0.3) is 0 Å². The molecule has 29 heavy (non-hydrogen) atoms. The third kappa shape index (κ3) is 6.37. The highest BCUT2D eigenvalue weighted by Gasteiger charge is 2.13. The molecule has 3 aromatic rings. The highest BCUT2D eigenvalue weighted by atomic mass is 35.5. The van der Waals surface area contributed by atoms with Crippen LogP contribution in [-0.4, -0.2) is 12.5 Å². The van der Waals surface area contributed by atoms with Crippen molar-refractivity contribution < 1.29 is 9.53 Å². The van der Waals surface area contributed by atoms with Crippen molar-refractivity contribution in [2.24, 2.45) is 0 Å². The predicted molar refractivity (Wildman–Crippen MR) is 120 cm³/mol. The van der Waals surface area contributed by atoms with Gasteiger partial charge >= 0.3 is 0 Å². The summed E-state index contributed by atoms with van der Waals surface area (Å²) in [4.78, 5) is 12.2. The second-order valence-corrected chi connectivity index (χ2v) is 8.55. The van der Waals surface area contributed by atoms with Crippen LogP contribution in [0.15, 0.2) is 72.8 Å². The Kier molecular flexibility index (Phi) is 6.60. The molecule has 0 aliphatic heterocycles. The molecule has 3 nitrogen and oxygen atoms in total. The summed E-state index contributed by atoms with van der Waals surface area (Å²) >= 11 is 5.92. The summed E-state index contributed by atoms with van der Waals surface area (Å²) in [5.74, 6) is 0.502. The summed E-state index contributed by atoms with van der Waals surface area (Å²) in [5, 5.41) is 3.60. The zero-order chi connectivity index (χ0) is 20.9. The van der Waals surface area contributed by atoms with Gasteiger partial charge in [0, 0.05) is 10.7 Å². The number of rotatable bonds is 6. The first-order chi connectivity index (χ1) is 13.8. The van der Waals surface area contributed by atoms with E-state index in [0.717, 1.165) is 17.1 Å². The number of carbonyl (C=O) groups excluding carboxylic acids is 1. The Labute approximate surface area is 177 Å². The van der Waals surface area contributed by atoms with Gasteiger partial charge in [-0.1, -0.05) is 68.8 Å². The lowest BCUT2D eigenvalue weighted by atomic mass is 9.87. The van der Waals surface area contributed by atoms with E-state index in [9.17, 15) is 4.79 Å². The van der Waals surface area contributed by atoms with Crippen molar-refractivity contribution in [2.75, 3.05) is 11.9 Å². The fourth-order valence-corrected chi connectivity index (χ4v) is 3.07. The van der Waals surface area contributed by atoms with E-state index in [2.05, 4.69) is 26.1 Å². The maximum absolute atomic E-state index is 12.2. The van der Waals surface area contributed by atoms with E-state index >= 15 is 0 Å². The summed E-state index contributed by atoms with van der Waals surface area (Å²) in [6, 6.07) is 23.5. The molecule has 0 saturated heterocycles. The molecule has 1 amide bonds. The van der Waals surface area contributed by atoms with Crippen LogP contribution in [0.1, 0.15) is 37.5 Å². The van der Waals surface area contributed by atoms with Crippen LogP contribution >= 0.6 is 11.6 Å². The molecular weight excluding hydrogens is 382 g/mol. The van der Waals surface area contributed by atoms with Crippen LogP contribution in [0.2, 0.25) is 5.02 Å². The summed E-state index contributed by atoms with van der Waals surface area (Å²) in [6.07, 6.45) is 0.819. The lowest BCUT2D eigenvalue weighted by molar-refractivity contribution is -0.118. The standard InChI is InChI=1S/C25H26ClNO2/c1-25(2,3)20-8-14-23(15-9-20)29-17-24(28)27-22-12-6-19(7-13-22)16-18-4-10-21(26)11-5-18/h4-15H,16-17H2,1-3H3,(H,27,28). The molecule has 150 valence electrons. The Bertz CT molecular complexity index is 940. The SMILES string of the molecule is CC(C)(C)c1ccc(OCC(=O)Nc2ccc(Cc3ccc(Cl)cc3)cc2)cc1. The number of carbonyl (C=O) groups is 1. The van der Waals surface area contributed by atoms with Gasteiger partial charge in [-0.15, -0.1) is 0 Å². The van der Waals surface area contributed by atoms with Crippen molar-refractivity contribution in [1.29, 1.82) is 0 Å². The van der Waals surface area contributed by atoms with Crippen molar-refractivity contribution in [1.82, 2.24) is 0 Å². The third-order valence-electron chi connectivity index (χ3n) is 4.65. The second kappa shape index (κ2) is 9.15. The first-order valence-corrected chi connectivity index (χ1v) is 10.0. The Morgan fingerprint density at radius 1 is 0.862 bits per heavy atom. The van der Waals surface area contributed by atoms with Gasteiger partial charge in [-0.2, -0.15) is 0 Å². The van der Waals surface area contributed by atoms with Crippen LogP contribution in [-0.2, 0) is 16.6 Å². The lowest BCUT2D eigenvalue weighted by Gasteiger charge is -2.19. The fraction of sp³-hybridized carbons (Fsp3) is 0.240. The number of benzene rings is 3. The summed E-state index contributed by atoms with van der Waals surface area (Å²) in [6.45, 7) is 6.46. The smallest absolute Gasteiger partial charge is 0.262 e. The highest BCUT2D eigenvalue weighted by Crippen LogP contribution is 2.24. The molecule has 0 aliphatic carbocycles. The first kappa shape index (κ1) is 20.9. The Morgan fingerprint density at radius 3 is 1.97 bits per heavy atom. The van der Waals surface area contributed by atoms with Gasteiger partial charge in [-0.3, -0.25) is 4.79 Å². The molecule has 0 unspecified atom stereocenters. The van der Waals surface area contributed by atoms with Gasteiger partial charge in [0.1, 0.15) is 5.75 Å². The van der Waals surface area contributed by atoms with Gasteiger partial charge in [0.15, 0.2) is 6.61 Å². The molecule has 0 aliphatic rings. The largest absolute Gasteiger partial charge is 0.484 e. The van der Waals surface area contributed by atoms with Crippen LogP contribution in [0.3, 0.4) is 0 Å². The van der Waals surface area contributed by atoms with E-state index in [-0.39, 0.29) is 17.9 Å². The number of anilines is 1. The quantitative estimate of drug-likeness (QED) is 0.524. The van der Waals surface area contributed by atoms with Gasteiger partial charge in [-0.05, 0) is 64.9 Å². The predicted octanol–water partition coefficient (Wildman–Crippen LogP) is 6.25. The van der Waals surface area contributed by atoms with Crippen LogP contribution < -0.4 is 10.1 Å². The summed E-state index contributed by atoms with van der Waals surface area (Å²) in [7, 11) is 0. The van der Waals surface area contributed by atoms with E-state index in [1.165, 1.54) is 16.7 Å². The van der Waals surface area contributed by atoms with Gasteiger partial charge in [0.2, 0.25) is 0 Å². The van der Waals surface area contributed by atoms with Crippen molar-refractivity contribution in [3.8, 4) is 5.75 Å². The van der Waals surface area contributed by atoms with Crippen molar-refractivity contribution in [3.05, 3.63) is 94.5 Å². The van der Waals surface area contributed by atoms with Crippen LogP contribution in [0.4, 0.5) is 5.69 Å². The maximum Gasteiger partial charge on any atom is 0.262 e. The molecule has 0 bridgehead atoms. The normalized spacial score (nSPS) is 11.2. The van der Waals surface area contributed by atoms with E-state index in [1.54, 1.807) is 0 Å². The Hall–Kier alpha value is -2.78. The molecule has 0 spiro atoms. The van der Waals surface area contributed by atoms with Gasteiger partial charge in [0.05, 0.1) is 0 Å². The van der Waals surface area contributed by atoms with Crippen LogP contribution in [0, 0.1) is 0 Å². The summed E-state index contributed by atoms with van der Waals surface area (Å²) < 4.78 is 5.60. The van der Waals surface area contributed by atoms with Crippen molar-refractivity contribution in [2.45, 2.75) is 32.6 Å². The van der Waals surface area contributed by atoms with Gasteiger partial charge < -0.3 is 10.1 Å². The lowest BCUT2D eigenvalue weighted by Crippen LogP contribution is -2.20. The molecule has 3 rings (SSSR count). The molecule has 3 aromatic carbocycles. The molecule has 0 saturated carbocycles. The maximum atomic E-state index is 12.2. The second-order valence-electron chi connectivity index (χ2n) is 8.11. The van der Waals surface area contributed by atoms with Crippen molar-refractivity contribution in [3.63, 3.8) is 0 Å². The minimum absolute atomic E-state index is 0.0264. The zero-order valence-electron chi connectivity index (χ0n) is 17.0. The molecule has 0 heterocycles. The van der Waals surface area contributed by atoms with E-state index in [0.29, 0.717) is 5.75 Å². The minimum Gasteiger partial charge on any atom is -0.484 e. The molecule has 0 atom stereocenters. The fourth-order valence-electron chi connectivity index (χ4n) is 2.94. The number of halogens is 1. The first-order valence-electron chi connectivity index (χ1n) is 9.66. The average molecular weight is 408 g/mol. The monoisotopic (exact) mass is 407 g/mol. The zero-order valence-corrected chi connectivity index (χ0v) is 17.8.